The lowest BCUT2D eigenvalue weighted by Gasteiger charge is -2.19. The van der Waals surface area contributed by atoms with Crippen LogP contribution in [-0.2, 0) is 16.6 Å². The van der Waals surface area contributed by atoms with Gasteiger partial charge in [0, 0.05) is 35.4 Å². The maximum absolute atomic E-state index is 12.9. The zero-order valence-corrected chi connectivity index (χ0v) is 23.1. The molecule has 3 rings (SSSR count). The molecule has 0 aliphatic rings. The summed E-state index contributed by atoms with van der Waals surface area (Å²) in [6.07, 6.45) is 1.39. The minimum atomic E-state index is -3.39. The number of benzene rings is 3. The molecule has 35 heavy (non-hydrogen) atoms. The molecule has 0 aromatic heterocycles. The lowest BCUT2D eigenvalue weighted by molar-refractivity contribution is 0.0785. The van der Waals surface area contributed by atoms with E-state index in [9.17, 15) is 13.2 Å². The first-order valence-electron chi connectivity index (χ1n) is 10.9. The Labute approximate surface area is 224 Å². The third-order valence-electron chi connectivity index (χ3n) is 5.08. The fraction of sp³-hybridized carbons (Fsp3) is 0.240. The normalized spacial score (nSPS) is 11.2. The molecule has 3 aromatic carbocycles. The van der Waals surface area contributed by atoms with Gasteiger partial charge in [-0.25, -0.2) is 8.42 Å². The highest BCUT2D eigenvalue weighted by Crippen LogP contribution is 2.31. The van der Waals surface area contributed by atoms with Gasteiger partial charge in [-0.2, -0.15) is 0 Å². The summed E-state index contributed by atoms with van der Waals surface area (Å²) in [5, 5.41) is 0.855. The molecular formula is C25H25BrCl2N2O4S. The van der Waals surface area contributed by atoms with Crippen molar-refractivity contribution in [3.63, 3.8) is 0 Å². The second-order valence-corrected chi connectivity index (χ2v) is 11.5. The fourth-order valence-corrected chi connectivity index (χ4v) is 5.23. The Hall–Kier alpha value is -2.26. The van der Waals surface area contributed by atoms with E-state index in [1.165, 1.54) is 0 Å². The first-order chi connectivity index (χ1) is 16.6. The van der Waals surface area contributed by atoms with Crippen molar-refractivity contribution in [1.29, 1.82) is 0 Å². The van der Waals surface area contributed by atoms with Gasteiger partial charge in [-0.05, 0) is 60.5 Å². The number of halogens is 3. The van der Waals surface area contributed by atoms with E-state index in [1.54, 1.807) is 60.5 Å². The Morgan fingerprint density at radius 2 is 1.66 bits per heavy atom. The molecular weight excluding hydrogens is 575 g/mol. The molecule has 0 unspecified atom stereocenters. The van der Waals surface area contributed by atoms with Crippen LogP contribution in [0.3, 0.4) is 0 Å². The number of ether oxygens (including phenoxy) is 1. The maximum atomic E-state index is 12.9. The summed E-state index contributed by atoms with van der Waals surface area (Å²) in [6.45, 7) is 2.29. The molecule has 6 nitrogen and oxygen atoms in total. The summed E-state index contributed by atoms with van der Waals surface area (Å²) in [5.74, 6) is 1.04. The molecule has 3 aromatic rings. The number of nitrogens with zero attached hydrogens (tertiary/aromatic N) is 1. The number of hydrogen-bond donors (Lipinski definition) is 1. The van der Waals surface area contributed by atoms with Crippen LogP contribution >= 0.6 is 39.1 Å². The second kappa shape index (κ2) is 12.1. The number of carbonyl (C=O) groups is 1. The van der Waals surface area contributed by atoms with Crippen LogP contribution in [0.25, 0.3) is 0 Å². The SMILES string of the molecule is CCCCS(=O)(=O)Nc1ccc(C(=O)N(C)Cc2ccc(Oc3ccc(Cl)c(Cl)c3)cc2Br)cc1. The minimum Gasteiger partial charge on any atom is -0.457 e. The molecule has 0 fully saturated rings. The van der Waals surface area contributed by atoms with Crippen LogP contribution in [0.4, 0.5) is 5.69 Å². The van der Waals surface area contributed by atoms with E-state index in [2.05, 4.69) is 20.7 Å². The van der Waals surface area contributed by atoms with Crippen molar-refractivity contribution in [3.8, 4) is 11.5 Å². The Kier molecular flexibility index (Phi) is 9.47. The van der Waals surface area contributed by atoms with E-state index < -0.39 is 10.0 Å². The molecule has 0 saturated heterocycles. The molecule has 0 aliphatic carbocycles. The number of carbonyl (C=O) groups excluding carboxylic acids is 1. The molecule has 0 radical (unpaired) electrons. The number of amides is 1. The van der Waals surface area contributed by atoms with Crippen LogP contribution in [0.5, 0.6) is 11.5 Å². The number of rotatable bonds is 10. The van der Waals surface area contributed by atoms with Crippen molar-refractivity contribution in [2.24, 2.45) is 0 Å². The van der Waals surface area contributed by atoms with Gasteiger partial charge in [0.25, 0.3) is 5.91 Å². The smallest absolute Gasteiger partial charge is 0.253 e. The van der Waals surface area contributed by atoms with Crippen LogP contribution in [-0.4, -0.2) is 32.0 Å². The van der Waals surface area contributed by atoms with Crippen LogP contribution < -0.4 is 9.46 Å². The summed E-state index contributed by atoms with van der Waals surface area (Å²) < 4.78 is 33.3. The molecule has 0 bridgehead atoms. The van der Waals surface area contributed by atoms with Crippen LogP contribution in [0.2, 0.25) is 10.0 Å². The second-order valence-electron chi connectivity index (χ2n) is 7.94. The standard InChI is InChI=1S/C25H25BrCl2N2O4S/c1-3-4-13-35(32,33)29-19-8-5-17(6-9-19)25(31)30(2)16-18-7-10-20(14-22(18)26)34-21-11-12-23(27)24(28)15-21/h5-12,14-15,29H,3-4,13,16H2,1-2H3. The first kappa shape index (κ1) is 27.3. The van der Waals surface area contributed by atoms with E-state index in [4.69, 9.17) is 27.9 Å². The Morgan fingerprint density at radius 3 is 2.29 bits per heavy atom. The number of anilines is 1. The van der Waals surface area contributed by atoms with Crippen molar-refractivity contribution >= 4 is 60.7 Å². The molecule has 0 saturated carbocycles. The molecule has 0 heterocycles. The van der Waals surface area contributed by atoms with Gasteiger partial charge in [-0.1, -0.05) is 58.5 Å². The Balaban J connectivity index is 1.63. The Morgan fingerprint density at radius 1 is 1.00 bits per heavy atom. The monoisotopic (exact) mass is 598 g/mol. The minimum absolute atomic E-state index is 0.0685. The van der Waals surface area contributed by atoms with Crippen molar-refractivity contribution in [2.45, 2.75) is 26.3 Å². The molecule has 0 spiro atoms. The van der Waals surface area contributed by atoms with Gasteiger partial charge in [0.15, 0.2) is 0 Å². The maximum Gasteiger partial charge on any atom is 0.253 e. The summed E-state index contributed by atoms with van der Waals surface area (Å²) in [4.78, 5) is 14.5. The quantitative estimate of drug-likeness (QED) is 0.264. The van der Waals surface area contributed by atoms with Crippen molar-refractivity contribution in [3.05, 3.63) is 86.3 Å². The van der Waals surface area contributed by atoms with E-state index in [1.807, 2.05) is 19.1 Å². The largest absolute Gasteiger partial charge is 0.457 e. The topological polar surface area (TPSA) is 75.7 Å². The van der Waals surface area contributed by atoms with Gasteiger partial charge in [-0.15, -0.1) is 0 Å². The summed E-state index contributed by atoms with van der Waals surface area (Å²) >= 11 is 15.5. The molecule has 186 valence electrons. The predicted molar refractivity (Wildman–Crippen MR) is 145 cm³/mol. The molecule has 0 atom stereocenters. The lowest BCUT2D eigenvalue weighted by atomic mass is 10.1. The van der Waals surface area contributed by atoms with Gasteiger partial charge in [0.1, 0.15) is 11.5 Å². The van der Waals surface area contributed by atoms with E-state index in [0.717, 1.165) is 16.5 Å². The summed E-state index contributed by atoms with van der Waals surface area (Å²) in [7, 11) is -1.69. The summed E-state index contributed by atoms with van der Waals surface area (Å²) in [5.41, 5.74) is 1.78. The zero-order chi connectivity index (χ0) is 25.6. The Bertz CT molecular complexity index is 1300. The van der Waals surface area contributed by atoms with Gasteiger partial charge in [0.05, 0.1) is 15.8 Å². The number of unbranched alkanes of at least 4 members (excludes halogenated alkanes) is 1. The molecule has 10 heteroatoms. The molecule has 0 aliphatic heterocycles. The number of nitrogens with one attached hydrogen (secondary N) is 1. The lowest BCUT2D eigenvalue weighted by Crippen LogP contribution is -2.26. The molecule has 1 N–H and O–H groups in total. The van der Waals surface area contributed by atoms with Gasteiger partial charge < -0.3 is 9.64 Å². The fourth-order valence-electron chi connectivity index (χ4n) is 3.19. The van der Waals surface area contributed by atoms with Crippen LogP contribution in [0, 0.1) is 0 Å². The van der Waals surface area contributed by atoms with Crippen LogP contribution in [0.15, 0.2) is 65.1 Å². The van der Waals surface area contributed by atoms with Crippen LogP contribution in [0.1, 0.15) is 35.7 Å². The molecule has 1 amide bonds. The number of sulfonamides is 1. The average molecular weight is 600 g/mol. The average Bonchev–Trinajstić information content (AvgIpc) is 2.81. The van der Waals surface area contributed by atoms with E-state index in [0.29, 0.717) is 45.8 Å². The van der Waals surface area contributed by atoms with Gasteiger partial charge >= 0.3 is 0 Å². The van der Waals surface area contributed by atoms with Gasteiger partial charge in [-0.3, -0.25) is 9.52 Å². The van der Waals surface area contributed by atoms with Gasteiger partial charge in [0.2, 0.25) is 10.0 Å². The highest BCUT2D eigenvalue weighted by Gasteiger charge is 2.15. The first-order valence-corrected chi connectivity index (χ1v) is 14.1. The third kappa shape index (κ3) is 7.87. The predicted octanol–water partition coefficient (Wildman–Crippen LogP) is 7.36. The summed E-state index contributed by atoms with van der Waals surface area (Å²) in [6, 6.07) is 16.9. The van der Waals surface area contributed by atoms with E-state index >= 15 is 0 Å². The highest BCUT2D eigenvalue weighted by molar-refractivity contribution is 9.10. The van der Waals surface area contributed by atoms with Crippen molar-refractivity contribution in [2.75, 3.05) is 17.5 Å². The number of hydrogen-bond acceptors (Lipinski definition) is 4. The van der Waals surface area contributed by atoms with Crippen molar-refractivity contribution in [1.82, 2.24) is 4.90 Å². The van der Waals surface area contributed by atoms with Crippen molar-refractivity contribution < 1.29 is 17.9 Å². The van der Waals surface area contributed by atoms with E-state index in [-0.39, 0.29) is 11.7 Å². The zero-order valence-electron chi connectivity index (χ0n) is 19.2. The third-order valence-corrected chi connectivity index (χ3v) is 7.93. The highest BCUT2D eigenvalue weighted by atomic mass is 79.9.